The van der Waals surface area contributed by atoms with Crippen LogP contribution in [0.1, 0.15) is 40.2 Å². The van der Waals surface area contributed by atoms with Crippen molar-refractivity contribution in [2.45, 2.75) is 25.7 Å². The van der Waals surface area contributed by atoms with Gasteiger partial charge < -0.3 is 10.2 Å². The largest absolute Gasteiger partial charge is 0.356 e. The summed E-state index contributed by atoms with van der Waals surface area (Å²) in [4.78, 5) is 27.6. The number of nitrogens with one attached hydrogen (secondary N) is 1. The molecule has 1 N–H and O–H groups in total. The fourth-order valence-corrected chi connectivity index (χ4v) is 3.85. The number of benzene rings is 2. The third kappa shape index (κ3) is 4.05. The first-order chi connectivity index (χ1) is 13.1. The minimum Gasteiger partial charge on any atom is -0.356 e. The number of nitrogens with zero attached hydrogens (tertiary/aromatic N) is 1. The summed E-state index contributed by atoms with van der Waals surface area (Å²) in [5.74, 6) is 0.577. The molecule has 2 aromatic rings. The molecule has 2 atom stereocenters. The van der Waals surface area contributed by atoms with Crippen LogP contribution in [0, 0.1) is 18.8 Å². The number of aryl methyl sites for hydroxylation is 1. The summed E-state index contributed by atoms with van der Waals surface area (Å²) in [6, 6.07) is 17.7. The third-order valence-corrected chi connectivity index (χ3v) is 5.73. The van der Waals surface area contributed by atoms with Crippen molar-refractivity contribution >= 4 is 11.8 Å². The number of carbonyl (C=O) groups excluding carboxylic acids is 2. The Morgan fingerprint density at radius 2 is 1.70 bits per heavy atom. The highest BCUT2D eigenvalue weighted by atomic mass is 16.2. The van der Waals surface area contributed by atoms with Crippen molar-refractivity contribution in [2.75, 3.05) is 19.6 Å². The molecule has 0 bridgehead atoms. The van der Waals surface area contributed by atoms with E-state index in [1.807, 2.05) is 35.2 Å². The standard InChI is InChI=1S/C23H26N2O2/c1-16-7-11-18(12-8-16)20-14-25(23(27)19-5-3-2-4-6-19)15-21(20)22(26)24-13-17-9-10-17/h2-8,11-12,17,20-21H,9-10,13-15H2,1H3,(H,24,26). The Morgan fingerprint density at radius 1 is 1.00 bits per heavy atom. The van der Waals surface area contributed by atoms with E-state index in [0.29, 0.717) is 24.6 Å². The molecular formula is C23H26N2O2. The molecule has 1 saturated carbocycles. The second-order valence-corrected chi connectivity index (χ2v) is 7.89. The Bertz CT molecular complexity index is 812. The lowest BCUT2D eigenvalue weighted by Gasteiger charge is -2.18. The molecule has 2 amide bonds. The molecule has 0 spiro atoms. The Hall–Kier alpha value is -2.62. The number of carbonyl (C=O) groups is 2. The van der Waals surface area contributed by atoms with E-state index in [1.165, 1.54) is 18.4 Å². The van der Waals surface area contributed by atoms with E-state index in [1.54, 1.807) is 0 Å². The lowest BCUT2D eigenvalue weighted by molar-refractivity contribution is -0.125. The molecule has 1 heterocycles. The Balaban J connectivity index is 1.54. The van der Waals surface area contributed by atoms with E-state index in [9.17, 15) is 9.59 Å². The monoisotopic (exact) mass is 362 g/mol. The van der Waals surface area contributed by atoms with E-state index >= 15 is 0 Å². The minimum absolute atomic E-state index is 0.00482. The number of hydrogen-bond donors (Lipinski definition) is 1. The SMILES string of the molecule is Cc1ccc(C2CN(C(=O)c3ccccc3)CC2C(=O)NCC2CC2)cc1. The predicted molar refractivity (Wildman–Crippen MR) is 105 cm³/mol. The first-order valence-electron chi connectivity index (χ1n) is 9.80. The zero-order valence-corrected chi connectivity index (χ0v) is 15.7. The fourth-order valence-electron chi connectivity index (χ4n) is 3.85. The van der Waals surface area contributed by atoms with Crippen molar-refractivity contribution in [2.24, 2.45) is 11.8 Å². The van der Waals surface area contributed by atoms with Gasteiger partial charge in [0.05, 0.1) is 5.92 Å². The fraction of sp³-hybridized carbons (Fsp3) is 0.391. The van der Waals surface area contributed by atoms with Gasteiger partial charge in [-0.3, -0.25) is 9.59 Å². The van der Waals surface area contributed by atoms with Gasteiger partial charge in [-0.1, -0.05) is 48.0 Å². The van der Waals surface area contributed by atoms with Crippen LogP contribution in [0.5, 0.6) is 0 Å². The van der Waals surface area contributed by atoms with Crippen LogP contribution in [-0.2, 0) is 4.79 Å². The number of amides is 2. The summed E-state index contributed by atoms with van der Waals surface area (Å²) in [6.45, 7) is 3.88. The zero-order valence-electron chi connectivity index (χ0n) is 15.7. The molecule has 2 fully saturated rings. The molecule has 0 aromatic heterocycles. The second-order valence-electron chi connectivity index (χ2n) is 7.89. The maximum absolute atomic E-state index is 12.9. The first-order valence-corrected chi connectivity index (χ1v) is 9.80. The van der Waals surface area contributed by atoms with Crippen LogP contribution in [0.4, 0.5) is 0 Å². The average molecular weight is 362 g/mol. The highest BCUT2D eigenvalue weighted by molar-refractivity contribution is 5.95. The molecule has 1 aliphatic carbocycles. The first kappa shape index (κ1) is 17.8. The second kappa shape index (κ2) is 7.55. The molecule has 2 aliphatic rings. The summed E-state index contributed by atoms with van der Waals surface area (Å²) in [5, 5.41) is 3.12. The van der Waals surface area contributed by atoms with Crippen molar-refractivity contribution in [3.8, 4) is 0 Å². The Kier molecular flexibility index (Phi) is 4.97. The van der Waals surface area contributed by atoms with Gasteiger partial charge in [-0.2, -0.15) is 0 Å². The highest BCUT2D eigenvalue weighted by Gasteiger charge is 2.40. The lowest BCUT2D eigenvalue weighted by atomic mass is 9.88. The quantitative estimate of drug-likeness (QED) is 0.886. The normalized spacial score (nSPS) is 21.9. The molecule has 0 radical (unpaired) electrons. The van der Waals surface area contributed by atoms with Crippen molar-refractivity contribution in [3.63, 3.8) is 0 Å². The molecule has 4 rings (SSSR count). The van der Waals surface area contributed by atoms with Crippen molar-refractivity contribution < 1.29 is 9.59 Å². The topological polar surface area (TPSA) is 49.4 Å². The van der Waals surface area contributed by atoms with Crippen LogP contribution in [0.25, 0.3) is 0 Å². The van der Waals surface area contributed by atoms with Gasteiger partial charge in [0.2, 0.25) is 5.91 Å². The molecule has 4 heteroatoms. The van der Waals surface area contributed by atoms with Gasteiger partial charge in [-0.15, -0.1) is 0 Å². The predicted octanol–water partition coefficient (Wildman–Crippen LogP) is 3.38. The summed E-state index contributed by atoms with van der Waals surface area (Å²) < 4.78 is 0. The summed E-state index contributed by atoms with van der Waals surface area (Å²) in [6.07, 6.45) is 2.43. The Labute approximate surface area is 160 Å². The van der Waals surface area contributed by atoms with Gasteiger partial charge in [0.1, 0.15) is 0 Å². The van der Waals surface area contributed by atoms with E-state index < -0.39 is 0 Å². The number of likely N-dealkylation sites (tertiary alicyclic amines) is 1. The van der Waals surface area contributed by atoms with Gasteiger partial charge in [-0.25, -0.2) is 0 Å². The van der Waals surface area contributed by atoms with Gasteiger partial charge in [0.15, 0.2) is 0 Å². The van der Waals surface area contributed by atoms with Crippen LogP contribution in [0.3, 0.4) is 0 Å². The van der Waals surface area contributed by atoms with Gasteiger partial charge in [-0.05, 0) is 43.4 Å². The van der Waals surface area contributed by atoms with E-state index in [2.05, 4.69) is 36.5 Å². The summed E-state index contributed by atoms with van der Waals surface area (Å²) >= 11 is 0. The minimum atomic E-state index is -0.195. The number of rotatable bonds is 5. The molecule has 1 saturated heterocycles. The molecule has 1 aliphatic heterocycles. The molecule has 2 unspecified atom stereocenters. The van der Waals surface area contributed by atoms with Crippen LogP contribution >= 0.6 is 0 Å². The summed E-state index contributed by atoms with van der Waals surface area (Å²) in [7, 11) is 0. The lowest BCUT2D eigenvalue weighted by Crippen LogP contribution is -2.36. The van der Waals surface area contributed by atoms with Crippen molar-refractivity contribution in [1.29, 1.82) is 0 Å². The number of hydrogen-bond acceptors (Lipinski definition) is 2. The van der Waals surface area contributed by atoms with E-state index in [4.69, 9.17) is 0 Å². The van der Waals surface area contributed by atoms with Gasteiger partial charge >= 0.3 is 0 Å². The smallest absolute Gasteiger partial charge is 0.253 e. The van der Waals surface area contributed by atoms with Crippen molar-refractivity contribution in [1.82, 2.24) is 10.2 Å². The van der Waals surface area contributed by atoms with Crippen LogP contribution < -0.4 is 5.32 Å². The van der Waals surface area contributed by atoms with Crippen molar-refractivity contribution in [3.05, 3.63) is 71.3 Å². The maximum atomic E-state index is 12.9. The Morgan fingerprint density at radius 3 is 2.37 bits per heavy atom. The van der Waals surface area contributed by atoms with Gasteiger partial charge in [0.25, 0.3) is 5.91 Å². The molecule has 2 aromatic carbocycles. The van der Waals surface area contributed by atoms with Crippen LogP contribution in [0.2, 0.25) is 0 Å². The van der Waals surface area contributed by atoms with Crippen LogP contribution in [0.15, 0.2) is 54.6 Å². The third-order valence-electron chi connectivity index (χ3n) is 5.73. The summed E-state index contributed by atoms with van der Waals surface area (Å²) in [5.41, 5.74) is 3.01. The maximum Gasteiger partial charge on any atom is 0.253 e. The molecule has 140 valence electrons. The van der Waals surface area contributed by atoms with E-state index in [-0.39, 0.29) is 23.7 Å². The molecular weight excluding hydrogens is 336 g/mol. The van der Waals surface area contributed by atoms with E-state index in [0.717, 1.165) is 12.1 Å². The average Bonchev–Trinajstić information content (AvgIpc) is 3.43. The molecule has 27 heavy (non-hydrogen) atoms. The van der Waals surface area contributed by atoms with Gasteiger partial charge in [0, 0.05) is 31.1 Å². The zero-order chi connectivity index (χ0) is 18.8. The van der Waals surface area contributed by atoms with Crippen LogP contribution in [-0.4, -0.2) is 36.3 Å². The molecule has 4 nitrogen and oxygen atoms in total. The highest BCUT2D eigenvalue weighted by Crippen LogP contribution is 2.34.